The summed E-state index contributed by atoms with van der Waals surface area (Å²) in [4.78, 5) is 0. The van der Waals surface area contributed by atoms with Crippen LogP contribution in [0.2, 0.25) is 0 Å². The van der Waals surface area contributed by atoms with E-state index < -0.39 is 0 Å². The molecule has 2 nitrogen and oxygen atoms in total. The molecule has 1 N–H and O–H groups in total. The first-order valence-corrected chi connectivity index (χ1v) is 6.67. The molecule has 1 aromatic carbocycles. The zero-order chi connectivity index (χ0) is 13.7. The lowest BCUT2D eigenvalue weighted by molar-refractivity contribution is 0.0831. The van der Waals surface area contributed by atoms with Crippen LogP contribution in [0.25, 0.3) is 0 Å². The summed E-state index contributed by atoms with van der Waals surface area (Å²) in [6, 6.07) is 1.89. The molecule has 0 aliphatic carbocycles. The van der Waals surface area contributed by atoms with Gasteiger partial charge >= 0.3 is 0 Å². The highest BCUT2D eigenvalue weighted by atomic mass is 16.5. The summed E-state index contributed by atoms with van der Waals surface area (Å²) >= 11 is 0. The Balaban J connectivity index is 2.62. The van der Waals surface area contributed by atoms with E-state index in [1.807, 2.05) is 6.07 Å². The maximum atomic E-state index is 10.3. The second kappa shape index (κ2) is 3.91. The predicted octanol–water partition coefficient (Wildman–Crippen LogP) is 4.10. The molecule has 0 saturated carbocycles. The van der Waals surface area contributed by atoms with Gasteiger partial charge in [0.2, 0.25) is 0 Å². The van der Waals surface area contributed by atoms with Gasteiger partial charge in [0.15, 0.2) is 0 Å². The largest absolute Gasteiger partial charge is 0.508 e. The van der Waals surface area contributed by atoms with Crippen LogP contribution in [0.4, 0.5) is 0 Å². The first-order valence-electron chi connectivity index (χ1n) is 6.67. The monoisotopic (exact) mass is 248 g/mol. The smallest absolute Gasteiger partial charge is 0.126 e. The van der Waals surface area contributed by atoms with Gasteiger partial charge < -0.3 is 9.84 Å². The van der Waals surface area contributed by atoms with Crippen molar-refractivity contribution in [2.75, 3.05) is 0 Å². The quantitative estimate of drug-likeness (QED) is 0.749. The number of ether oxygens (including phenoxy) is 1. The van der Waals surface area contributed by atoms with E-state index in [9.17, 15) is 5.11 Å². The van der Waals surface area contributed by atoms with Crippen LogP contribution in [0.15, 0.2) is 6.07 Å². The molecule has 100 valence electrons. The fraction of sp³-hybridized carbons (Fsp3) is 0.625. The zero-order valence-corrected chi connectivity index (χ0v) is 12.3. The lowest BCUT2D eigenvalue weighted by Gasteiger charge is -2.36. The summed E-state index contributed by atoms with van der Waals surface area (Å²) in [5.41, 5.74) is 3.04. The summed E-state index contributed by atoms with van der Waals surface area (Å²) in [7, 11) is 0. The van der Waals surface area contributed by atoms with Crippen molar-refractivity contribution < 1.29 is 9.84 Å². The average Bonchev–Trinajstić information content (AvgIpc) is 2.17. The summed E-state index contributed by atoms with van der Waals surface area (Å²) in [5.74, 6) is 1.39. The minimum atomic E-state index is -0.107. The number of hydrogen-bond donors (Lipinski definition) is 1. The van der Waals surface area contributed by atoms with Gasteiger partial charge in [0.1, 0.15) is 17.1 Å². The molecule has 2 heteroatoms. The number of benzene rings is 1. The van der Waals surface area contributed by atoms with E-state index in [0.29, 0.717) is 5.75 Å². The van der Waals surface area contributed by atoms with Crippen molar-refractivity contribution >= 4 is 0 Å². The van der Waals surface area contributed by atoms with Gasteiger partial charge in [-0.25, -0.2) is 0 Å². The molecule has 0 saturated heterocycles. The summed E-state index contributed by atoms with van der Waals surface area (Å²) in [6.45, 7) is 12.7. The van der Waals surface area contributed by atoms with Crippen LogP contribution in [-0.2, 0) is 11.8 Å². The SMILES string of the molecule is Cc1c2c(cc(O)c1C(C)(C)C)CCC(C)(C)O2. The van der Waals surface area contributed by atoms with Crippen LogP contribution < -0.4 is 4.74 Å². The summed E-state index contributed by atoms with van der Waals surface area (Å²) in [5, 5.41) is 10.3. The van der Waals surface area contributed by atoms with E-state index in [-0.39, 0.29) is 11.0 Å². The fourth-order valence-corrected chi connectivity index (χ4v) is 2.89. The van der Waals surface area contributed by atoms with Crippen molar-refractivity contribution in [2.24, 2.45) is 0 Å². The predicted molar refractivity (Wildman–Crippen MR) is 74.6 cm³/mol. The van der Waals surface area contributed by atoms with Crippen molar-refractivity contribution in [3.63, 3.8) is 0 Å². The Morgan fingerprint density at radius 3 is 2.44 bits per heavy atom. The van der Waals surface area contributed by atoms with Crippen LogP contribution in [0.3, 0.4) is 0 Å². The Kier molecular flexibility index (Phi) is 2.88. The number of hydrogen-bond acceptors (Lipinski definition) is 2. The Hall–Kier alpha value is -1.18. The van der Waals surface area contributed by atoms with Crippen molar-refractivity contribution in [1.82, 2.24) is 0 Å². The molecule has 0 bridgehead atoms. The van der Waals surface area contributed by atoms with E-state index in [1.54, 1.807) is 0 Å². The van der Waals surface area contributed by atoms with E-state index in [1.165, 1.54) is 0 Å². The highest BCUT2D eigenvalue weighted by Crippen LogP contribution is 2.44. The number of phenolic OH excluding ortho intramolecular Hbond substituents is 1. The van der Waals surface area contributed by atoms with Crippen molar-refractivity contribution in [3.05, 3.63) is 22.8 Å². The Labute approximate surface area is 110 Å². The topological polar surface area (TPSA) is 29.5 Å². The number of fused-ring (bicyclic) bond motifs is 1. The molecule has 0 aromatic heterocycles. The minimum absolute atomic E-state index is 0.0753. The second-order valence-electron chi connectivity index (χ2n) is 7.00. The highest BCUT2D eigenvalue weighted by Gasteiger charge is 2.31. The Bertz CT molecular complexity index is 479. The third-order valence-electron chi connectivity index (χ3n) is 3.70. The summed E-state index contributed by atoms with van der Waals surface area (Å²) < 4.78 is 6.13. The standard InChI is InChI=1S/C16H24O2/c1-10-13(15(2,3)4)12(17)9-11-7-8-16(5,6)18-14(10)11/h9,17H,7-8H2,1-6H3. The lowest BCUT2D eigenvalue weighted by Crippen LogP contribution is -2.33. The van der Waals surface area contributed by atoms with E-state index in [2.05, 4.69) is 41.5 Å². The van der Waals surface area contributed by atoms with Crippen LogP contribution >= 0.6 is 0 Å². The van der Waals surface area contributed by atoms with E-state index in [4.69, 9.17) is 4.74 Å². The lowest BCUT2D eigenvalue weighted by atomic mass is 9.80. The molecule has 1 aliphatic heterocycles. The number of aromatic hydroxyl groups is 1. The molecule has 0 amide bonds. The molecule has 0 radical (unpaired) electrons. The van der Waals surface area contributed by atoms with Crippen molar-refractivity contribution in [1.29, 1.82) is 0 Å². The van der Waals surface area contributed by atoms with Gasteiger partial charge in [0.25, 0.3) is 0 Å². The molecule has 0 atom stereocenters. The molecule has 2 rings (SSSR count). The van der Waals surface area contributed by atoms with E-state index in [0.717, 1.165) is 35.3 Å². The Morgan fingerprint density at radius 2 is 1.89 bits per heavy atom. The van der Waals surface area contributed by atoms with Crippen LogP contribution in [0, 0.1) is 6.92 Å². The van der Waals surface area contributed by atoms with Gasteiger partial charge in [-0.2, -0.15) is 0 Å². The molecule has 18 heavy (non-hydrogen) atoms. The first kappa shape index (κ1) is 13.3. The van der Waals surface area contributed by atoms with Gasteiger partial charge in [-0.15, -0.1) is 0 Å². The molecule has 1 aromatic rings. The number of aryl methyl sites for hydroxylation is 1. The Morgan fingerprint density at radius 1 is 1.28 bits per heavy atom. The zero-order valence-electron chi connectivity index (χ0n) is 12.3. The van der Waals surface area contributed by atoms with E-state index >= 15 is 0 Å². The van der Waals surface area contributed by atoms with Gasteiger partial charge in [0.05, 0.1) is 0 Å². The molecule has 1 heterocycles. The first-order chi connectivity index (χ1) is 8.12. The average molecular weight is 248 g/mol. The third kappa shape index (κ3) is 2.21. The van der Waals surface area contributed by atoms with Gasteiger partial charge in [-0.05, 0) is 56.2 Å². The second-order valence-corrected chi connectivity index (χ2v) is 7.00. The highest BCUT2D eigenvalue weighted by molar-refractivity contribution is 5.56. The van der Waals surface area contributed by atoms with Crippen LogP contribution in [-0.4, -0.2) is 10.7 Å². The minimum Gasteiger partial charge on any atom is -0.508 e. The molecular weight excluding hydrogens is 224 g/mol. The van der Waals surface area contributed by atoms with Crippen molar-refractivity contribution in [3.8, 4) is 11.5 Å². The molecule has 0 fully saturated rings. The number of rotatable bonds is 0. The maximum Gasteiger partial charge on any atom is 0.126 e. The third-order valence-corrected chi connectivity index (χ3v) is 3.70. The number of phenols is 1. The van der Waals surface area contributed by atoms with Gasteiger partial charge in [0, 0.05) is 5.56 Å². The molecule has 0 spiro atoms. The van der Waals surface area contributed by atoms with Gasteiger partial charge in [-0.3, -0.25) is 0 Å². The molecule has 1 aliphatic rings. The van der Waals surface area contributed by atoms with Crippen LogP contribution in [0.1, 0.15) is 57.7 Å². The normalized spacial score (nSPS) is 18.1. The van der Waals surface area contributed by atoms with Crippen LogP contribution in [0.5, 0.6) is 11.5 Å². The molecular formula is C16H24O2. The summed E-state index contributed by atoms with van der Waals surface area (Å²) in [6.07, 6.45) is 1.97. The fourth-order valence-electron chi connectivity index (χ4n) is 2.89. The van der Waals surface area contributed by atoms with Crippen molar-refractivity contribution in [2.45, 2.75) is 65.4 Å². The van der Waals surface area contributed by atoms with Gasteiger partial charge in [-0.1, -0.05) is 20.8 Å². The molecule has 0 unspecified atom stereocenters. The maximum absolute atomic E-state index is 10.3.